The van der Waals surface area contributed by atoms with Crippen molar-refractivity contribution in [3.8, 4) is 5.69 Å². The molecule has 0 aliphatic carbocycles. The first-order chi connectivity index (χ1) is 12.1. The molecule has 0 spiro atoms. The van der Waals surface area contributed by atoms with Gasteiger partial charge in [0.15, 0.2) is 0 Å². The third kappa shape index (κ3) is 4.14. The number of carbonyl (C=O) groups is 1. The van der Waals surface area contributed by atoms with Gasteiger partial charge in [-0.25, -0.2) is 18.3 Å². The van der Waals surface area contributed by atoms with Gasteiger partial charge in [-0.2, -0.15) is 0 Å². The van der Waals surface area contributed by atoms with E-state index in [4.69, 9.17) is 0 Å². The highest BCUT2D eigenvalue weighted by Gasteiger charge is 2.10. The molecule has 3 rings (SSSR count). The fraction of sp³-hybridized carbons (Fsp3) is 0.125. The molecule has 0 radical (unpaired) electrons. The van der Waals surface area contributed by atoms with E-state index in [1.165, 1.54) is 6.07 Å². The minimum atomic E-state index is -0.708. The number of nitrogens with one attached hydrogen (secondary N) is 2. The third-order valence-electron chi connectivity index (χ3n) is 3.39. The Kier molecular flexibility index (Phi) is 4.93. The molecule has 0 atom stereocenters. The molecule has 0 bridgehead atoms. The lowest BCUT2D eigenvalue weighted by atomic mass is 10.2. The smallest absolute Gasteiger partial charge is 0.315 e. The van der Waals surface area contributed by atoms with E-state index in [-0.39, 0.29) is 18.7 Å². The summed E-state index contributed by atoms with van der Waals surface area (Å²) in [6.45, 7) is -0.134. The highest BCUT2D eigenvalue weighted by Crippen LogP contribution is 2.11. The van der Waals surface area contributed by atoms with Crippen molar-refractivity contribution >= 4 is 6.03 Å². The first kappa shape index (κ1) is 16.5. The minimum absolute atomic E-state index is 0.122. The molecule has 2 N–H and O–H groups in total. The summed E-state index contributed by atoms with van der Waals surface area (Å²) < 4.78 is 28.5. The number of hydrogen-bond acceptors (Lipinski definition) is 4. The van der Waals surface area contributed by atoms with Crippen LogP contribution in [0.5, 0.6) is 0 Å². The van der Waals surface area contributed by atoms with Gasteiger partial charge in [0.2, 0.25) is 0 Å². The predicted molar refractivity (Wildman–Crippen MR) is 84.6 cm³/mol. The Morgan fingerprint density at radius 2 is 1.72 bits per heavy atom. The monoisotopic (exact) mass is 344 g/mol. The highest BCUT2D eigenvalue weighted by molar-refractivity contribution is 5.73. The molecule has 0 fully saturated rings. The van der Waals surface area contributed by atoms with Gasteiger partial charge >= 0.3 is 6.03 Å². The molecule has 1 aromatic carbocycles. The van der Waals surface area contributed by atoms with Gasteiger partial charge in [0.25, 0.3) is 0 Å². The van der Waals surface area contributed by atoms with Crippen LogP contribution in [0.15, 0.2) is 48.9 Å². The van der Waals surface area contributed by atoms with E-state index in [0.29, 0.717) is 5.69 Å². The van der Waals surface area contributed by atoms with Crippen LogP contribution in [-0.2, 0) is 13.1 Å². The van der Waals surface area contributed by atoms with Crippen molar-refractivity contribution in [2.75, 3.05) is 0 Å². The maximum atomic E-state index is 13.5. The van der Waals surface area contributed by atoms with Crippen LogP contribution in [0.25, 0.3) is 5.69 Å². The maximum absolute atomic E-state index is 13.5. The average Bonchev–Trinajstić information content (AvgIpc) is 3.09. The van der Waals surface area contributed by atoms with E-state index in [1.54, 1.807) is 35.4 Å². The zero-order chi connectivity index (χ0) is 17.6. The SMILES string of the molecule is O=C(NCc1cn(-c2ccncc2)nn1)NCc1c(F)cccc1F. The summed E-state index contributed by atoms with van der Waals surface area (Å²) in [4.78, 5) is 15.7. The van der Waals surface area contributed by atoms with Crippen LogP contribution in [0.3, 0.4) is 0 Å². The molecular weight excluding hydrogens is 330 g/mol. The fourth-order valence-corrected chi connectivity index (χ4v) is 2.11. The number of benzene rings is 1. The van der Waals surface area contributed by atoms with Gasteiger partial charge in [0.05, 0.1) is 25.0 Å². The van der Waals surface area contributed by atoms with Crippen LogP contribution in [0, 0.1) is 11.6 Å². The van der Waals surface area contributed by atoms with Crippen LogP contribution in [-0.4, -0.2) is 26.0 Å². The van der Waals surface area contributed by atoms with Gasteiger partial charge in [-0.05, 0) is 24.3 Å². The Hall–Kier alpha value is -3.36. The van der Waals surface area contributed by atoms with E-state index in [9.17, 15) is 13.6 Å². The molecule has 0 unspecified atom stereocenters. The molecule has 0 aliphatic heterocycles. The Balaban J connectivity index is 1.52. The molecule has 0 saturated heterocycles. The quantitative estimate of drug-likeness (QED) is 0.741. The number of halogens is 2. The van der Waals surface area contributed by atoms with Crippen molar-refractivity contribution in [1.82, 2.24) is 30.6 Å². The summed E-state index contributed by atoms with van der Waals surface area (Å²) >= 11 is 0. The zero-order valence-electron chi connectivity index (χ0n) is 13.0. The minimum Gasteiger partial charge on any atom is -0.334 e. The van der Waals surface area contributed by atoms with Crippen molar-refractivity contribution in [2.24, 2.45) is 0 Å². The van der Waals surface area contributed by atoms with Crippen LogP contribution >= 0.6 is 0 Å². The maximum Gasteiger partial charge on any atom is 0.315 e. The molecule has 2 amide bonds. The Morgan fingerprint density at radius 3 is 2.44 bits per heavy atom. The van der Waals surface area contributed by atoms with Gasteiger partial charge in [0.1, 0.15) is 17.3 Å². The van der Waals surface area contributed by atoms with Crippen LogP contribution in [0.1, 0.15) is 11.3 Å². The number of amides is 2. The van der Waals surface area contributed by atoms with Gasteiger partial charge in [-0.15, -0.1) is 5.10 Å². The van der Waals surface area contributed by atoms with E-state index in [0.717, 1.165) is 17.8 Å². The fourth-order valence-electron chi connectivity index (χ4n) is 2.11. The van der Waals surface area contributed by atoms with Crippen molar-refractivity contribution in [1.29, 1.82) is 0 Å². The zero-order valence-corrected chi connectivity index (χ0v) is 13.0. The normalized spacial score (nSPS) is 10.5. The molecule has 128 valence electrons. The summed E-state index contributed by atoms with van der Waals surface area (Å²) in [5.41, 5.74) is 1.12. The topological polar surface area (TPSA) is 84.7 Å². The lowest BCUT2D eigenvalue weighted by Gasteiger charge is -2.08. The van der Waals surface area contributed by atoms with E-state index in [2.05, 4.69) is 25.9 Å². The Labute approximate surface area is 141 Å². The number of pyridine rings is 1. The van der Waals surface area contributed by atoms with Gasteiger partial charge < -0.3 is 10.6 Å². The number of nitrogens with zero attached hydrogens (tertiary/aromatic N) is 4. The van der Waals surface area contributed by atoms with Crippen molar-refractivity contribution in [3.63, 3.8) is 0 Å². The van der Waals surface area contributed by atoms with Crippen LogP contribution in [0.2, 0.25) is 0 Å². The second-order valence-electron chi connectivity index (χ2n) is 5.10. The molecule has 0 saturated carbocycles. The molecule has 9 heteroatoms. The summed E-state index contributed by atoms with van der Waals surface area (Å²) in [7, 11) is 0. The predicted octanol–water partition coefficient (Wildman–Crippen LogP) is 1.94. The lowest BCUT2D eigenvalue weighted by Crippen LogP contribution is -2.35. The highest BCUT2D eigenvalue weighted by atomic mass is 19.1. The lowest BCUT2D eigenvalue weighted by molar-refractivity contribution is 0.239. The van der Waals surface area contributed by atoms with Crippen LogP contribution < -0.4 is 10.6 Å². The molecular formula is C16H14F2N6O. The number of carbonyl (C=O) groups excluding carboxylic acids is 1. The summed E-state index contributed by atoms with van der Waals surface area (Å²) in [5.74, 6) is -1.42. The first-order valence-corrected chi connectivity index (χ1v) is 7.39. The number of aromatic nitrogens is 4. The molecule has 3 aromatic rings. The van der Waals surface area contributed by atoms with Gasteiger partial charge in [-0.3, -0.25) is 4.98 Å². The van der Waals surface area contributed by atoms with E-state index >= 15 is 0 Å². The summed E-state index contributed by atoms with van der Waals surface area (Å²) in [6.07, 6.45) is 4.92. The Morgan fingerprint density at radius 1 is 1.04 bits per heavy atom. The molecule has 25 heavy (non-hydrogen) atoms. The largest absolute Gasteiger partial charge is 0.334 e. The number of hydrogen-bond donors (Lipinski definition) is 2. The number of rotatable bonds is 5. The second kappa shape index (κ2) is 7.47. The van der Waals surface area contributed by atoms with Crippen molar-refractivity contribution in [3.05, 3.63) is 71.8 Å². The van der Waals surface area contributed by atoms with Crippen LogP contribution in [0.4, 0.5) is 13.6 Å². The first-order valence-electron chi connectivity index (χ1n) is 7.39. The average molecular weight is 344 g/mol. The summed E-state index contributed by atoms with van der Waals surface area (Å²) in [6, 6.07) is 6.50. The van der Waals surface area contributed by atoms with Gasteiger partial charge in [0, 0.05) is 18.0 Å². The van der Waals surface area contributed by atoms with Crippen molar-refractivity contribution in [2.45, 2.75) is 13.1 Å². The molecule has 2 aromatic heterocycles. The summed E-state index contributed by atoms with van der Waals surface area (Å²) in [5, 5.41) is 12.8. The molecule has 0 aliphatic rings. The molecule has 2 heterocycles. The standard InChI is InChI=1S/C16H14F2N6O/c17-14-2-1-3-15(18)13(14)9-21-16(25)20-8-11-10-24(23-22-11)12-4-6-19-7-5-12/h1-7,10H,8-9H2,(H2,20,21,25). The number of urea groups is 1. The van der Waals surface area contributed by atoms with E-state index in [1.807, 2.05) is 0 Å². The van der Waals surface area contributed by atoms with Crippen molar-refractivity contribution < 1.29 is 13.6 Å². The van der Waals surface area contributed by atoms with Gasteiger partial charge in [-0.1, -0.05) is 11.3 Å². The third-order valence-corrected chi connectivity index (χ3v) is 3.39. The Bertz CT molecular complexity index is 848. The molecule has 7 nitrogen and oxygen atoms in total. The van der Waals surface area contributed by atoms with E-state index < -0.39 is 17.7 Å². The second-order valence-corrected chi connectivity index (χ2v) is 5.10.